The van der Waals surface area contributed by atoms with Crippen molar-refractivity contribution < 1.29 is 0 Å². The van der Waals surface area contributed by atoms with Gasteiger partial charge in [-0.3, -0.25) is 4.98 Å². The van der Waals surface area contributed by atoms with Crippen LogP contribution in [0, 0.1) is 13.8 Å². The minimum Gasteiger partial charge on any atom is -0.253 e. The topological polar surface area (TPSA) is 25.8 Å². The molecule has 0 spiro atoms. The highest BCUT2D eigenvalue weighted by atomic mass is 32.2. The Morgan fingerprint density at radius 1 is 1.05 bits per heavy atom. The first-order valence-corrected chi connectivity index (χ1v) is 7.62. The molecule has 2 aromatic heterocycles. The SMILES string of the molecule is Cc1ccc(SCc2cc(C)nc3ccccc23)nc1. The first-order chi connectivity index (χ1) is 9.72. The maximum atomic E-state index is 4.58. The van der Waals surface area contributed by atoms with E-state index in [2.05, 4.69) is 53.3 Å². The van der Waals surface area contributed by atoms with Gasteiger partial charge in [0.15, 0.2) is 0 Å². The van der Waals surface area contributed by atoms with E-state index in [-0.39, 0.29) is 0 Å². The lowest BCUT2D eigenvalue weighted by Gasteiger charge is -2.07. The average molecular weight is 280 g/mol. The molecular weight excluding hydrogens is 264 g/mol. The van der Waals surface area contributed by atoms with E-state index in [1.54, 1.807) is 11.8 Å². The number of para-hydroxylation sites is 1. The molecule has 3 rings (SSSR count). The Hall–Kier alpha value is -1.87. The molecule has 0 aliphatic heterocycles. The molecule has 0 radical (unpaired) electrons. The molecule has 0 aliphatic carbocycles. The van der Waals surface area contributed by atoms with E-state index in [0.717, 1.165) is 22.0 Å². The highest BCUT2D eigenvalue weighted by Crippen LogP contribution is 2.26. The fraction of sp³-hybridized carbons (Fsp3) is 0.176. The monoisotopic (exact) mass is 280 g/mol. The summed E-state index contributed by atoms with van der Waals surface area (Å²) < 4.78 is 0. The van der Waals surface area contributed by atoms with Crippen molar-refractivity contribution >= 4 is 22.7 Å². The normalized spacial score (nSPS) is 10.9. The molecule has 0 N–H and O–H groups in total. The first kappa shape index (κ1) is 13.1. The summed E-state index contributed by atoms with van der Waals surface area (Å²) in [5.74, 6) is 0.917. The number of thioether (sulfide) groups is 1. The number of hydrogen-bond acceptors (Lipinski definition) is 3. The molecule has 0 saturated heterocycles. The number of fused-ring (bicyclic) bond motifs is 1. The molecule has 1 aromatic carbocycles. The lowest BCUT2D eigenvalue weighted by atomic mass is 10.1. The van der Waals surface area contributed by atoms with Crippen molar-refractivity contribution in [1.29, 1.82) is 0 Å². The van der Waals surface area contributed by atoms with E-state index < -0.39 is 0 Å². The second kappa shape index (κ2) is 5.63. The number of hydrogen-bond donors (Lipinski definition) is 0. The van der Waals surface area contributed by atoms with E-state index in [9.17, 15) is 0 Å². The van der Waals surface area contributed by atoms with Crippen LogP contribution in [0.4, 0.5) is 0 Å². The van der Waals surface area contributed by atoms with E-state index in [0.29, 0.717) is 0 Å². The van der Waals surface area contributed by atoms with Gasteiger partial charge in [0.05, 0.1) is 10.5 Å². The molecule has 3 aromatic rings. The molecule has 20 heavy (non-hydrogen) atoms. The van der Waals surface area contributed by atoms with Crippen molar-refractivity contribution in [2.24, 2.45) is 0 Å². The number of nitrogens with zero attached hydrogens (tertiary/aromatic N) is 2. The summed E-state index contributed by atoms with van der Waals surface area (Å²) in [5.41, 5.74) is 4.65. The third-order valence-electron chi connectivity index (χ3n) is 3.19. The summed E-state index contributed by atoms with van der Waals surface area (Å²) in [6.45, 7) is 4.10. The Kier molecular flexibility index (Phi) is 3.70. The lowest BCUT2D eigenvalue weighted by Crippen LogP contribution is -1.91. The Morgan fingerprint density at radius 3 is 2.70 bits per heavy atom. The van der Waals surface area contributed by atoms with Gasteiger partial charge in [0.25, 0.3) is 0 Å². The van der Waals surface area contributed by atoms with Crippen molar-refractivity contribution in [1.82, 2.24) is 9.97 Å². The van der Waals surface area contributed by atoms with Crippen molar-refractivity contribution in [2.45, 2.75) is 24.6 Å². The van der Waals surface area contributed by atoms with Gasteiger partial charge in [-0.25, -0.2) is 4.98 Å². The largest absolute Gasteiger partial charge is 0.253 e. The van der Waals surface area contributed by atoms with Crippen LogP contribution in [0.25, 0.3) is 10.9 Å². The molecule has 2 heterocycles. The molecule has 0 fully saturated rings. The van der Waals surface area contributed by atoms with E-state index in [1.807, 2.05) is 19.2 Å². The fourth-order valence-corrected chi connectivity index (χ4v) is 3.04. The van der Waals surface area contributed by atoms with Gasteiger partial charge in [0, 0.05) is 23.0 Å². The molecule has 0 saturated carbocycles. The van der Waals surface area contributed by atoms with Crippen LogP contribution in [0.5, 0.6) is 0 Å². The summed E-state index contributed by atoms with van der Waals surface area (Å²) in [6.07, 6.45) is 1.91. The maximum Gasteiger partial charge on any atom is 0.0963 e. The summed E-state index contributed by atoms with van der Waals surface area (Å²) >= 11 is 1.77. The molecule has 0 unspecified atom stereocenters. The van der Waals surface area contributed by atoms with E-state index in [1.165, 1.54) is 16.5 Å². The van der Waals surface area contributed by atoms with Crippen LogP contribution in [0.15, 0.2) is 53.7 Å². The minimum atomic E-state index is 0.917. The Balaban J connectivity index is 1.88. The van der Waals surface area contributed by atoms with Crippen LogP contribution in [-0.4, -0.2) is 9.97 Å². The smallest absolute Gasteiger partial charge is 0.0963 e. The van der Waals surface area contributed by atoms with Crippen LogP contribution in [-0.2, 0) is 5.75 Å². The molecular formula is C17H16N2S. The Bertz CT molecular complexity index is 736. The fourth-order valence-electron chi connectivity index (χ4n) is 2.21. The summed E-state index contributed by atoms with van der Waals surface area (Å²) in [4.78, 5) is 9.02. The predicted molar refractivity (Wildman–Crippen MR) is 85.0 cm³/mol. The molecule has 0 aliphatic rings. The van der Waals surface area contributed by atoms with Crippen molar-refractivity contribution in [2.75, 3.05) is 0 Å². The van der Waals surface area contributed by atoms with Crippen molar-refractivity contribution in [3.8, 4) is 0 Å². The quantitative estimate of drug-likeness (QED) is 0.659. The number of aromatic nitrogens is 2. The first-order valence-electron chi connectivity index (χ1n) is 6.63. The summed E-state index contributed by atoms with van der Waals surface area (Å²) in [6, 6.07) is 14.7. The summed E-state index contributed by atoms with van der Waals surface area (Å²) in [5, 5.41) is 2.30. The zero-order valence-electron chi connectivity index (χ0n) is 11.6. The molecule has 0 bridgehead atoms. The molecule has 2 nitrogen and oxygen atoms in total. The standard InChI is InChI=1S/C17H16N2S/c1-12-7-8-17(18-10-12)20-11-14-9-13(2)19-16-6-4-3-5-15(14)16/h3-10H,11H2,1-2H3. The van der Waals surface area contributed by atoms with Crippen LogP contribution in [0.3, 0.4) is 0 Å². The van der Waals surface area contributed by atoms with Gasteiger partial charge in [0.1, 0.15) is 0 Å². The second-order valence-corrected chi connectivity index (χ2v) is 5.90. The number of pyridine rings is 2. The zero-order valence-corrected chi connectivity index (χ0v) is 12.4. The van der Waals surface area contributed by atoms with E-state index >= 15 is 0 Å². The van der Waals surface area contributed by atoms with Gasteiger partial charge >= 0.3 is 0 Å². The van der Waals surface area contributed by atoms with Gasteiger partial charge in [-0.2, -0.15) is 0 Å². The second-order valence-electron chi connectivity index (χ2n) is 4.90. The average Bonchev–Trinajstić information content (AvgIpc) is 2.46. The van der Waals surface area contributed by atoms with E-state index in [4.69, 9.17) is 0 Å². The third-order valence-corrected chi connectivity index (χ3v) is 4.18. The highest BCUT2D eigenvalue weighted by molar-refractivity contribution is 7.98. The minimum absolute atomic E-state index is 0.917. The maximum absolute atomic E-state index is 4.58. The number of benzene rings is 1. The van der Waals surface area contributed by atoms with Crippen LogP contribution in [0.2, 0.25) is 0 Å². The zero-order chi connectivity index (χ0) is 13.9. The van der Waals surface area contributed by atoms with Gasteiger partial charge < -0.3 is 0 Å². The molecule has 0 atom stereocenters. The van der Waals surface area contributed by atoms with Gasteiger partial charge in [-0.15, -0.1) is 11.8 Å². The van der Waals surface area contributed by atoms with Crippen LogP contribution >= 0.6 is 11.8 Å². The number of rotatable bonds is 3. The molecule has 3 heteroatoms. The van der Waals surface area contributed by atoms with Crippen LogP contribution in [0.1, 0.15) is 16.8 Å². The summed E-state index contributed by atoms with van der Waals surface area (Å²) in [7, 11) is 0. The van der Waals surface area contributed by atoms with Gasteiger partial charge in [-0.05, 0) is 43.2 Å². The van der Waals surface area contributed by atoms with Gasteiger partial charge in [-0.1, -0.05) is 24.3 Å². The van der Waals surface area contributed by atoms with Crippen LogP contribution < -0.4 is 0 Å². The Morgan fingerprint density at radius 2 is 1.90 bits per heavy atom. The third kappa shape index (κ3) is 2.83. The number of aryl methyl sites for hydroxylation is 2. The van der Waals surface area contributed by atoms with Gasteiger partial charge in [0.2, 0.25) is 0 Å². The molecule has 0 amide bonds. The lowest BCUT2D eigenvalue weighted by molar-refractivity contribution is 1.11. The highest BCUT2D eigenvalue weighted by Gasteiger charge is 2.05. The van der Waals surface area contributed by atoms with Crippen molar-refractivity contribution in [3.63, 3.8) is 0 Å². The predicted octanol–water partition coefficient (Wildman–Crippen LogP) is 4.54. The van der Waals surface area contributed by atoms with Crippen molar-refractivity contribution in [3.05, 3.63) is 65.5 Å². The molecule has 100 valence electrons. The Labute approximate surface area is 123 Å².